The van der Waals surface area contributed by atoms with Gasteiger partial charge in [-0.05, 0) is 55.7 Å². The zero-order valence-corrected chi connectivity index (χ0v) is 19.8. The van der Waals surface area contributed by atoms with Crippen LogP contribution in [0.4, 0.5) is 14.9 Å². The van der Waals surface area contributed by atoms with Gasteiger partial charge in [0.1, 0.15) is 23.9 Å². The molecule has 1 fully saturated rings. The Balaban J connectivity index is 1.51. The first-order chi connectivity index (χ1) is 17.0. The van der Waals surface area contributed by atoms with Crippen molar-refractivity contribution in [1.29, 1.82) is 0 Å². The molecule has 3 amide bonds. The monoisotopic (exact) mass is 479 g/mol. The fourth-order valence-electron chi connectivity index (χ4n) is 4.08. The first kappa shape index (κ1) is 24.5. The van der Waals surface area contributed by atoms with E-state index in [9.17, 15) is 14.0 Å². The zero-order valence-electron chi connectivity index (χ0n) is 19.8. The number of rotatable bonds is 9. The van der Waals surface area contributed by atoms with Crippen LogP contribution in [0.1, 0.15) is 29.9 Å². The first-order valence-electron chi connectivity index (χ1n) is 11.8. The predicted molar refractivity (Wildman–Crippen MR) is 130 cm³/mol. The van der Waals surface area contributed by atoms with Crippen molar-refractivity contribution in [2.75, 3.05) is 25.0 Å². The first-order valence-corrected chi connectivity index (χ1v) is 11.8. The third-order valence-electron chi connectivity index (χ3n) is 5.85. The fraction of sp³-hybridized carbons (Fsp3) is 0.333. The molecule has 1 unspecified atom stereocenters. The smallest absolute Gasteiger partial charge is 0.322 e. The van der Waals surface area contributed by atoms with Gasteiger partial charge in [0.05, 0.1) is 12.6 Å². The topological polar surface area (TPSA) is 75.0 Å². The molecule has 0 radical (unpaired) electrons. The normalized spacial score (nSPS) is 15.1. The van der Waals surface area contributed by atoms with E-state index in [1.54, 1.807) is 11.0 Å². The third-order valence-corrected chi connectivity index (χ3v) is 5.85. The van der Waals surface area contributed by atoms with Crippen molar-refractivity contribution in [3.63, 3.8) is 0 Å². The Bertz CT molecular complexity index is 1130. The highest BCUT2D eigenvalue weighted by atomic mass is 19.1. The molecule has 3 aromatic rings. The summed E-state index contributed by atoms with van der Waals surface area (Å²) in [7, 11) is 0. The summed E-state index contributed by atoms with van der Waals surface area (Å²) in [5.74, 6) is 0.755. The van der Waals surface area contributed by atoms with Crippen LogP contribution in [-0.2, 0) is 22.6 Å². The highest BCUT2D eigenvalue weighted by molar-refractivity contribution is 5.92. The molecule has 8 heteroatoms. The molecular formula is C27H30FN3O4. The van der Waals surface area contributed by atoms with Crippen LogP contribution in [0.5, 0.6) is 0 Å². The van der Waals surface area contributed by atoms with Crippen molar-refractivity contribution in [3.05, 3.63) is 89.6 Å². The molecule has 0 spiro atoms. The van der Waals surface area contributed by atoms with Crippen molar-refractivity contribution in [3.8, 4) is 0 Å². The lowest BCUT2D eigenvalue weighted by Crippen LogP contribution is -2.46. The summed E-state index contributed by atoms with van der Waals surface area (Å²) in [5.41, 5.74) is 1.30. The number of furan rings is 1. The molecule has 2 aromatic carbocycles. The number of nitrogens with one attached hydrogen (secondary N) is 1. The van der Waals surface area contributed by atoms with E-state index >= 15 is 0 Å². The van der Waals surface area contributed by atoms with Gasteiger partial charge in [-0.3, -0.25) is 4.79 Å². The van der Waals surface area contributed by atoms with Crippen molar-refractivity contribution in [2.24, 2.45) is 0 Å². The van der Waals surface area contributed by atoms with Crippen LogP contribution in [0, 0.1) is 12.7 Å². The highest BCUT2D eigenvalue weighted by Gasteiger charge is 2.27. The number of nitrogens with zero attached hydrogens (tertiary/aromatic N) is 2. The van der Waals surface area contributed by atoms with Crippen molar-refractivity contribution >= 4 is 17.6 Å². The maximum absolute atomic E-state index is 13.6. The summed E-state index contributed by atoms with van der Waals surface area (Å²) in [5, 5.41) is 2.71. The summed E-state index contributed by atoms with van der Waals surface area (Å²) in [6.07, 6.45) is 1.59. The van der Waals surface area contributed by atoms with Crippen molar-refractivity contribution in [2.45, 2.75) is 39.0 Å². The lowest BCUT2D eigenvalue weighted by molar-refractivity contribution is -0.133. The zero-order chi connectivity index (χ0) is 24.6. The van der Waals surface area contributed by atoms with Crippen molar-refractivity contribution in [1.82, 2.24) is 9.80 Å². The Labute approximate surface area is 204 Å². The molecule has 1 atom stereocenters. The van der Waals surface area contributed by atoms with Gasteiger partial charge < -0.3 is 24.3 Å². The molecule has 0 aliphatic carbocycles. The molecule has 1 aliphatic heterocycles. The second kappa shape index (κ2) is 11.7. The number of hydrogen-bond acceptors (Lipinski definition) is 4. The van der Waals surface area contributed by atoms with Gasteiger partial charge in [-0.1, -0.05) is 36.4 Å². The quantitative estimate of drug-likeness (QED) is 0.470. The minimum Gasteiger partial charge on any atom is -0.464 e. The van der Waals surface area contributed by atoms with Crippen LogP contribution in [0.2, 0.25) is 0 Å². The molecular weight excluding hydrogens is 449 g/mol. The lowest BCUT2D eigenvalue weighted by atomic mass is 10.2. The van der Waals surface area contributed by atoms with Crippen molar-refractivity contribution < 1.29 is 23.1 Å². The van der Waals surface area contributed by atoms with E-state index < -0.39 is 11.8 Å². The van der Waals surface area contributed by atoms with E-state index in [1.165, 1.54) is 23.1 Å². The van der Waals surface area contributed by atoms with Crippen LogP contribution in [-0.4, -0.2) is 47.5 Å². The SMILES string of the molecule is Cc1ccc(CN(Cc2ccccc2)C(=O)CN(CC2CCCO2)C(=O)Nc2cccc(F)c2)o1. The highest BCUT2D eigenvalue weighted by Crippen LogP contribution is 2.17. The van der Waals surface area contributed by atoms with Crippen LogP contribution in [0.25, 0.3) is 0 Å². The van der Waals surface area contributed by atoms with E-state index in [0.29, 0.717) is 24.6 Å². The van der Waals surface area contributed by atoms with Gasteiger partial charge in [-0.25, -0.2) is 9.18 Å². The Kier molecular flexibility index (Phi) is 8.15. The van der Waals surface area contributed by atoms with Gasteiger partial charge in [0.25, 0.3) is 0 Å². The maximum Gasteiger partial charge on any atom is 0.322 e. The number of hydrogen-bond donors (Lipinski definition) is 1. The molecule has 2 heterocycles. The van der Waals surface area contributed by atoms with Gasteiger partial charge in [0.2, 0.25) is 5.91 Å². The summed E-state index contributed by atoms with van der Waals surface area (Å²) in [6.45, 7) is 3.27. The number of carbonyl (C=O) groups excluding carboxylic acids is 2. The van der Waals surface area contributed by atoms with E-state index in [2.05, 4.69) is 5.32 Å². The molecule has 1 N–H and O–H groups in total. The minimum absolute atomic E-state index is 0.142. The molecule has 1 aromatic heterocycles. The summed E-state index contributed by atoms with van der Waals surface area (Å²) < 4.78 is 25.1. The number of ether oxygens (including phenoxy) is 1. The summed E-state index contributed by atoms with van der Waals surface area (Å²) in [4.78, 5) is 29.8. The third kappa shape index (κ3) is 7.16. The van der Waals surface area contributed by atoms with E-state index in [0.717, 1.165) is 24.2 Å². The molecule has 184 valence electrons. The Hall–Kier alpha value is -3.65. The van der Waals surface area contributed by atoms with Crippen LogP contribution in [0.3, 0.4) is 0 Å². The van der Waals surface area contributed by atoms with Gasteiger partial charge in [-0.15, -0.1) is 0 Å². The fourth-order valence-corrected chi connectivity index (χ4v) is 4.08. The number of anilines is 1. The second-order valence-corrected chi connectivity index (χ2v) is 8.70. The summed E-state index contributed by atoms with van der Waals surface area (Å²) >= 11 is 0. The Morgan fingerprint density at radius 1 is 1.03 bits per heavy atom. The van der Waals surface area contributed by atoms with Crippen LogP contribution >= 0.6 is 0 Å². The molecule has 1 aliphatic rings. The van der Waals surface area contributed by atoms with Gasteiger partial charge >= 0.3 is 6.03 Å². The number of halogens is 1. The standard InChI is InChI=1S/C27H30FN3O4/c1-20-12-13-25(35-20)18-30(16-21-7-3-2-4-8-21)26(32)19-31(17-24-11-6-14-34-24)27(33)29-23-10-5-9-22(28)15-23/h2-5,7-10,12-13,15,24H,6,11,14,16-19H2,1H3,(H,29,33). The maximum atomic E-state index is 13.6. The number of aryl methyl sites for hydroxylation is 1. The Morgan fingerprint density at radius 3 is 2.54 bits per heavy atom. The average Bonchev–Trinajstić information content (AvgIpc) is 3.50. The van der Waals surface area contributed by atoms with E-state index in [1.807, 2.05) is 49.4 Å². The Morgan fingerprint density at radius 2 is 1.86 bits per heavy atom. The lowest BCUT2D eigenvalue weighted by Gasteiger charge is -2.29. The molecule has 7 nitrogen and oxygen atoms in total. The predicted octanol–water partition coefficient (Wildman–Crippen LogP) is 4.97. The second-order valence-electron chi connectivity index (χ2n) is 8.70. The average molecular weight is 480 g/mol. The van der Waals surface area contributed by atoms with Crippen LogP contribution < -0.4 is 5.32 Å². The van der Waals surface area contributed by atoms with Gasteiger partial charge in [-0.2, -0.15) is 0 Å². The number of amides is 3. The minimum atomic E-state index is -0.479. The van der Waals surface area contributed by atoms with Gasteiger partial charge in [0, 0.05) is 25.4 Å². The van der Waals surface area contributed by atoms with E-state index in [4.69, 9.17) is 9.15 Å². The van der Waals surface area contributed by atoms with Gasteiger partial charge in [0.15, 0.2) is 0 Å². The summed E-state index contributed by atoms with van der Waals surface area (Å²) in [6, 6.07) is 18.6. The largest absolute Gasteiger partial charge is 0.464 e. The molecule has 35 heavy (non-hydrogen) atoms. The van der Waals surface area contributed by atoms with E-state index in [-0.39, 0.29) is 31.6 Å². The number of urea groups is 1. The molecule has 4 rings (SSSR count). The number of carbonyl (C=O) groups is 2. The number of benzene rings is 2. The van der Waals surface area contributed by atoms with Crippen LogP contribution in [0.15, 0.2) is 71.1 Å². The molecule has 0 bridgehead atoms. The molecule has 0 saturated carbocycles. The molecule has 1 saturated heterocycles.